The summed E-state index contributed by atoms with van der Waals surface area (Å²) in [5, 5.41) is -0.0444. The van der Waals surface area contributed by atoms with Crippen molar-refractivity contribution in [2.24, 2.45) is 5.92 Å². The van der Waals surface area contributed by atoms with Gasteiger partial charge in [-0.15, -0.1) is 0 Å². The number of amides is 1. The summed E-state index contributed by atoms with van der Waals surface area (Å²) in [5.74, 6) is -0.0627. The average molecular weight is 352 g/mol. The lowest BCUT2D eigenvalue weighted by Crippen LogP contribution is -2.41. The molecule has 0 aromatic carbocycles. The zero-order valence-corrected chi connectivity index (χ0v) is 13.2. The highest BCUT2D eigenvalue weighted by molar-refractivity contribution is 6.33. The van der Waals surface area contributed by atoms with Crippen LogP contribution < -0.4 is 10.4 Å². The van der Waals surface area contributed by atoms with Crippen molar-refractivity contribution in [3.63, 3.8) is 0 Å². The molecule has 1 amide bonds. The van der Waals surface area contributed by atoms with E-state index in [-0.39, 0.29) is 16.8 Å². The van der Waals surface area contributed by atoms with E-state index < -0.39 is 11.7 Å². The number of aromatic nitrogens is 1. The lowest BCUT2D eigenvalue weighted by atomic mass is 9.96. The number of hydroxylamine groups is 1. The Hall–Kier alpha value is -1.54. The van der Waals surface area contributed by atoms with Crippen molar-refractivity contribution in [3.05, 3.63) is 22.8 Å². The molecular formula is C14H17ClF3N3O2. The third-order valence-electron chi connectivity index (χ3n) is 3.63. The van der Waals surface area contributed by atoms with Gasteiger partial charge in [0.25, 0.3) is 0 Å². The summed E-state index contributed by atoms with van der Waals surface area (Å²) in [6, 6.07) is 0.873. The molecule has 0 bridgehead atoms. The number of carbonyl (C=O) groups is 1. The Labute approximate surface area is 136 Å². The number of hydrogen-bond acceptors (Lipinski definition) is 4. The van der Waals surface area contributed by atoms with Crippen LogP contribution in [0.1, 0.15) is 25.3 Å². The van der Waals surface area contributed by atoms with Gasteiger partial charge in [-0.2, -0.15) is 13.2 Å². The Morgan fingerprint density at radius 2 is 2.13 bits per heavy atom. The van der Waals surface area contributed by atoms with Gasteiger partial charge in [-0.05, 0) is 25.8 Å². The molecule has 0 radical (unpaired) electrons. The van der Waals surface area contributed by atoms with Crippen LogP contribution in [0.15, 0.2) is 12.3 Å². The highest BCUT2D eigenvalue weighted by Crippen LogP contribution is 2.34. The van der Waals surface area contributed by atoms with Crippen molar-refractivity contribution in [2.45, 2.75) is 25.9 Å². The molecule has 23 heavy (non-hydrogen) atoms. The largest absolute Gasteiger partial charge is 0.417 e. The van der Waals surface area contributed by atoms with Crippen LogP contribution >= 0.6 is 11.6 Å². The molecule has 1 saturated heterocycles. The number of rotatable bonds is 4. The Morgan fingerprint density at radius 3 is 2.65 bits per heavy atom. The Morgan fingerprint density at radius 1 is 1.48 bits per heavy atom. The van der Waals surface area contributed by atoms with Crippen LogP contribution in [0.3, 0.4) is 0 Å². The van der Waals surface area contributed by atoms with E-state index in [1.54, 1.807) is 11.8 Å². The molecule has 1 fully saturated rings. The number of piperidine rings is 1. The topological polar surface area (TPSA) is 54.5 Å². The highest BCUT2D eigenvalue weighted by Gasteiger charge is 2.33. The van der Waals surface area contributed by atoms with E-state index >= 15 is 0 Å². The zero-order valence-electron chi connectivity index (χ0n) is 12.5. The first-order valence-electron chi connectivity index (χ1n) is 7.22. The Kier molecular flexibility index (Phi) is 5.69. The van der Waals surface area contributed by atoms with Gasteiger partial charge in [-0.25, -0.2) is 10.5 Å². The Balaban J connectivity index is 1.99. The monoisotopic (exact) mass is 351 g/mol. The van der Waals surface area contributed by atoms with Gasteiger partial charge in [0.15, 0.2) is 0 Å². The number of carbonyl (C=O) groups excluding carboxylic acids is 1. The first-order chi connectivity index (χ1) is 10.8. The molecule has 0 unspecified atom stereocenters. The number of anilines is 1. The fraction of sp³-hybridized carbons (Fsp3) is 0.571. The minimum atomic E-state index is -4.47. The smallest absolute Gasteiger partial charge is 0.355 e. The molecule has 0 saturated carbocycles. The predicted molar refractivity (Wildman–Crippen MR) is 79.0 cm³/mol. The lowest BCUT2D eigenvalue weighted by Gasteiger charge is -2.32. The zero-order chi connectivity index (χ0) is 17.0. The number of hydrogen-bond donors (Lipinski definition) is 1. The van der Waals surface area contributed by atoms with Crippen molar-refractivity contribution < 1.29 is 22.8 Å². The summed E-state index contributed by atoms with van der Waals surface area (Å²) < 4.78 is 37.8. The second-order valence-corrected chi connectivity index (χ2v) is 5.60. The molecule has 2 heterocycles. The second-order valence-electron chi connectivity index (χ2n) is 5.19. The normalized spacial score (nSPS) is 16.5. The molecular weight excluding hydrogens is 335 g/mol. The summed E-state index contributed by atoms with van der Waals surface area (Å²) in [6.07, 6.45) is -2.59. The standard InChI is InChI=1S/C14H17ClF3N3O2/c1-2-23-20-13(22)9-3-5-21(6-4-9)12-11(15)7-10(8-19-12)14(16,17)18/h7-9H,2-6H2,1H3,(H,20,22). The van der Waals surface area contributed by atoms with E-state index in [1.165, 1.54) is 0 Å². The second kappa shape index (κ2) is 7.35. The fourth-order valence-electron chi connectivity index (χ4n) is 2.40. The van der Waals surface area contributed by atoms with Crippen molar-refractivity contribution in [1.82, 2.24) is 10.5 Å². The molecule has 1 aliphatic heterocycles. The molecule has 1 N–H and O–H groups in total. The van der Waals surface area contributed by atoms with Crippen LogP contribution in [0.5, 0.6) is 0 Å². The highest BCUT2D eigenvalue weighted by atomic mass is 35.5. The average Bonchev–Trinajstić information content (AvgIpc) is 2.52. The van der Waals surface area contributed by atoms with E-state index in [9.17, 15) is 18.0 Å². The van der Waals surface area contributed by atoms with Crippen LogP contribution in [0.25, 0.3) is 0 Å². The summed E-state index contributed by atoms with van der Waals surface area (Å²) in [5.41, 5.74) is 1.49. The SMILES string of the molecule is CCONC(=O)C1CCN(c2ncc(C(F)(F)F)cc2Cl)CC1. The quantitative estimate of drug-likeness (QED) is 0.847. The number of alkyl halides is 3. The molecule has 1 aromatic rings. The number of pyridine rings is 1. The van der Waals surface area contributed by atoms with Gasteiger partial charge < -0.3 is 4.90 Å². The van der Waals surface area contributed by atoms with E-state index in [0.29, 0.717) is 38.4 Å². The minimum Gasteiger partial charge on any atom is -0.355 e. The van der Waals surface area contributed by atoms with E-state index in [4.69, 9.17) is 16.4 Å². The van der Waals surface area contributed by atoms with Crippen LogP contribution in [-0.4, -0.2) is 30.6 Å². The van der Waals surface area contributed by atoms with Crippen molar-refractivity contribution >= 4 is 23.3 Å². The van der Waals surface area contributed by atoms with Gasteiger partial charge in [0.2, 0.25) is 5.91 Å². The molecule has 2 rings (SSSR count). The maximum Gasteiger partial charge on any atom is 0.417 e. The molecule has 0 atom stereocenters. The number of nitrogens with one attached hydrogen (secondary N) is 1. The van der Waals surface area contributed by atoms with Gasteiger partial charge in [-0.1, -0.05) is 11.6 Å². The predicted octanol–water partition coefficient (Wildman–Crippen LogP) is 3.04. The van der Waals surface area contributed by atoms with E-state index in [0.717, 1.165) is 12.3 Å². The molecule has 128 valence electrons. The lowest BCUT2D eigenvalue weighted by molar-refractivity contribution is -0.138. The van der Waals surface area contributed by atoms with Gasteiger partial charge in [0, 0.05) is 25.2 Å². The fourth-order valence-corrected chi connectivity index (χ4v) is 2.68. The summed E-state index contributed by atoms with van der Waals surface area (Å²) >= 11 is 5.93. The summed E-state index contributed by atoms with van der Waals surface area (Å²) in [7, 11) is 0. The van der Waals surface area contributed by atoms with Gasteiger partial charge in [-0.3, -0.25) is 9.63 Å². The van der Waals surface area contributed by atoms with Crippen molar-refractivity contribution in [3.8, 4) is 0 Å². The van der Waals surface area contributed by atoms with Crippen molar-refractivity contribution in [2.75, 3.05) is 24.6 Å². The first-order valence-corrected chi connectivity index (χ1v) is 7.60. The number of halogens is 4. The van der Waals surface area contributed by atoms with E-state index in [2.05, 4.69) is 10.5 Å². The Bertz CT molecular complexity index is 561. The summed E-state index contributed by atoms with van der Waals surface area (Å²) in [4.78, 5) is 22.3. The third-order valence-corrected chi connectivity index (χ3v) is 3.91. The van der Waals surface area contributed by atoms with Crippen LogP contribution in [0.4, 0.5) is 19.0 Å². The van der Waals surface area contributed by atoms with Crippen molar-refractivity contribution in [1.29, 1.82) is 0 Å². The van der Waals surface area contributed by atoms with Crippen LogP contribution in [0.2, 0.25) is 5.02 Å². The maximum absolute atomic E-state index is 12.6. The maximum atomic E-state index is 12.6. The molecule has 5 nitrogen and oxygen atoms in total. The molecule has 1 aliphatic rings. The third kappa shape index (κ3) is 4.48. The minimum absolute atomic E-state index is 0.0444. The number of nitrogens with zero attached hydrogens (tertiary/aromatic N) is 2. The van der Waals surface area contributed by atoms with E-state index in [1.807, 2.05) is 0 Å². The first kappa shape index (κ1) is 17.8. The molecule has 1 aromatic heterocycles. The summed E-state index contributed by atoms with van der Waals surface area (Å²) in [6.45, 7) is 3.13. The molecule has 0 spiro atoms. The molecule has 0 aliphatic carbocycles. The van der Waals surface area contributed by atoms with Gasteiger partial charge in [0.05, 0.1) is 17.2 Å². The van der Waals surface area contributed by atoms with Gasteiger partial charge >= 0.3 is 6.18 Å². The van der Waals surface area contributed by atoms with Crippen LogP contribution in [-0.2, 0) is 15.8 Å². The van der Waals surface area contributed by atoms with Crippen LogP contribution in [0, 0.1) is 5.92 Å². The molecule has 9 heteroatoms. The van der Waals surface area contributed by atoms with Gasteiger partial charge in [0.1, 0.15) is 5.82 Å².